The number of aromatic hydroxyl groups is 1. The number of sulfonamides is 1. The minimum atomic E-state index is -3.67. The molecule has 220 valence electrons. The summed E-state index contributed by atoms with van der Waals surface area (Å²) < 4.78 is 30.5. The smallest absolute Gasteiger partial charge is 0.243 e. The number of halogens is 1. The third kappa shape index (κ3) is 5.31. The quantitative estimate of drug-likeness (QED) is 0.217. The van der Waals surface area contributed by atoms with Crippen LogP contribution < -0.4 is 5.32 Å². The number of hydrogen-bond acceptors (Lipinski definition) is 5. The molecule has 2 heterocycles. The molecule has 3 unspecified atom stereocenters. The molecule has 8 heteroatoms. The Hall–Kier alpha value is -3.43. The van der Waals surface area contributed by atoms with Gasteiger partial charge in [-0.1, -0.05) is 88.7 Å². The van der Waals surface area contributed by atoms with Crippen LogP contribution in [-0.4, -0.2) is 48.9 Å². The number of benzene rings is 4. The number of nitrogens with zero attached hydrogens (tertiary/aromatic N) is 2. The standard InChI is InChI=1S/C35H34BrN3O3S/c36-26-14-17-33(40)31(22-26)34-29-13-7-12-28(29)30-23-27(15-16-32(30)37-34)43(41,42)39-20-18-38(19-21-39)35(24-8-3-1-4-9-24)25-10-5-2-6-11-25/h1-12,14-17,22-23,28-29,34-35,37,40H,13,18-21H2. The molecule has 1 saturated heterocycles. The van der Waals surface area contributed by atoms with Crippen molar-refractivity contribution in [2.24, 2.45) is 5.92 Å². The van der Waals surface area contributed by atoms with E-state index in [0.717, 1.165) is 27.7 Å². The molecule has 0 saturated carbocycles. The molecule has 0 spiro atoms. The van der Waals surface area contributed by atoms with Crippen LogP contribution in [0.1, 0.15) is 46.7 Å². The number of fused-ring (bicyclic) bond motifs is 3. The normalized spacial score (nSPS) is 22.2. The summed E-state index contributed by atoms with van der Waals surface area (Å²) in [7, 11) is -3.67. The van der Waals surface area contributed by atoms with Crippen LogP contribution in [0.15, 0.2) is 119 Å². The molecule has 0 bridgehead atoms. The van der Waals surface area contributed by atoms with E-state index in [-0.39, 0.29) is 29.7 Å². The van der Waals surface area contributed by atoms with Crippen molar-refractivity contribution in [3.05, 3.63) is 136 Å². The second-order valence-electron chi connectivity index (χ2n) is 11.6. The van der Waals surface area contributed by atoms with Crippen LogP contribution in [0.4, 0.5) is 5.69 Å². The summed E-state index contributed by atoms with van der Waals surface area (Å²) in [6.45, 7) is 2.16. The molecule has 3 aliphatic rings. The van der Waals surface area contributed by atoms with E-state index in [1.54, 1.807) is 16.4 Å². The fourth-order valence-corrected chi connectivity index (χ4v) is 8.89. The number of hydrogen-bond donors (Lipinski definition) is 2. The molecule has 0 radical (unpaired) electrons. The van der Waals surface area contributed by atoms with Crippen LogP contribution in [0.3, 0.4) is 0 Å². The number of anilines is 1. The molecule has 6 nitrogen and oxygen atoms in total. The van der Waals surface area contributed by atoms with Crippen molar-refractivity contribution in [3.63, 3.8) is 0 Å². The molecule has 4 aromatic rings. The van der Waals surface area contributed by atoms with Gasteiger partial charge in [0.05, 0.1) is 17.0 Å². The maximum absolute atomic E-state index is 14.0. The van der Waals surface area contributed by atoms with Gasteiger partial charge in [-0.3, -0.25) is 4.90 Å². The van der Waals surface area contributed by atoms with Crippen LogP contribution in [0.5, 0.6) is 5.75 Å². The topological polar surface area (TPSA) is 72.9 Å². The second-order valence-corrected chi connectivity index (χ2v) is 14.4. The van der Waals surface area contributed by atoms with E-state index in [9.17, 15) is 13.5 Å². The minimum absolute atomic E-state index is 0.0733. The lowest BCUT2D eigenvalue weighted by molar-refractivity contribution is 0.156. The van der Waals surface area contributed by atoms with Crippen molar-refractivity contribution in [2.75, 3.05) is 31.5 Å². The Morgan fingerprint density at radius 3 is 2.16 bits per heavy atom. The lowest BCUT2D eigenvalue weighted by atomic mass is 9.77. The van der Waals surface area contributed by atoms with Gasteiger partial charge in [0.15, 0.2) is 0 Å². The van der Waals surface area contributed by atoms with Gasteiger partial charge in [-0.2, -0.15) is 4.31 Å². The Morgan fingerprint density at radius 2 is 1.49 bits per heavy atom. The highest BCUT2D eigenvalue weighted by molar-refractivity contribution is 9.10. The maximum Gasteiger partial charge on any atom is 0.243 e. The predicted molar refractivity (Wildman–Crippen MR) is 174 cm³/mol. The lowest BCUT2D eigenvalue weighted by Gasteiger charge is -2.40. The van der Waals surface area contributed by atoms with Crippen molar-refractivity contribution in [1.82, 2.24) is 9.21 Å². The van der Waals surface area contributed by atoms with Gasteiger partial charge in [-0.15, -0.1) is 0 Å². The molecule has 0 amide bonds. The van der Waals surface area contributed by atoms with E-state index in [4.69, 9.17) is 0 Å². The highest BCUT2D eigenvalue weighted by Crippen LogP contribution is 2.51. The molecule has 1 aliphatic carbocycles. The van der Waals surface area contributed by atoms with Gasteiger partial charge in [0.1, 0.15) is 5.75 Å². The molecule has 4 aromatic carbocycles. The van der Waals surface area contributed by atoms with Crippen LogP contribution in [0.2, 0.25) is 0 Å². The summed E-state index contributed by atoms with van der Waals surface area (Å²) in [6, 6.07) is 31.9. The fraction of sp³-hybridized carbons (Fsp3) is 0.257. The van der Waals surface area contributed by atoms with Crippen LogP contribution in [0.25, 0.3) is 0 Å². The molecular weight excluding hydrogens is 622 g/mol. The van der Waals surface area contributed by atoms with E-state index in [0.29, 0.717) is 31.1 Å². The van der Waals surface area contributed by atoms with E-state index in [1.807, 2.05) is 36.4 Å². The third-order valence-electron chi connectivity index (χ3n) is 9.17. The highest BCUT2D eigenvalue weighted by atomic mass is 79.9. The molecule has 2 N–H and O–H groups in total. The summed E-state index contributed by atoms with van der Waals surface area (Å²) >= 11 is 3.54. The molecule has 43 heavy (non-hydrogen) atoms. The summed E-state index contributed by atoms with van der Waals surface area (Å²) in [5.41, 5.74) is 5.17. The molecular formula is C35H34BrN3O3S. The number of nitrogens with one attached hydrogen (secondary N) is 1. The van der Waals surface area contributed by atoms with Crippen molar-refractivity contribution in [3.8, 4) is 5.75 Å². The monoisotopic (exact) mass is 655 g/mol. The Labute approximate surface area is 261 Å². The van der Waals surface area contributed by atoms with Crippen LogP contribution >= 0.6 is 15.9 Å². The van der Waals surface area contributed by atoms with Gasteiger partial charge in [-0.05, 0) is 65.4 Å². The van der Waals surface area contributed by atoms with Gasteiger partial charge in [0, 0.05) is 47.8 Å². The Bertz CT molecular complexity index is 1720. The summed E-state index contributed by atoms with van der Waals surface area (Å²) in [5, 5.41) is 14.3. The van der Waals surface area contributed by atoms with Crippen molar-refractivity contribution in [2.45, 2.75) is 29.3 Å². The second kappa shape index (κ2) is 11.6. The molecule has 1 fully saturated rings. The van der Waals surface area contributed by atoms with Crippen molar-refractivity contribution < 1.29 is 13.5 Å². The molecule has 3 atom stereocenters. The van der Waals surface area contributed by atoms with E-state index >= 15 is 0 Å². The zero-order valence-corrected chi connectivity index (χ0v) is 26.1. The first-order valence-electron chi connectivity index (χ1n) is 14.8. The van der Waals surface area contributed by atoms with Crippen LogP contribution in [0, 0.1) is 5.92 Å². The Morgan fingerprint density at radius 1 is 0.814 bits per heavy atom. The number of allylic oxidation sites excluding steroid dienone is 2. The fourth-order valence-electron chi connectivity index (χ4n) is 7.05. The first kappa shape index (κ1) is 28.3. The SMILES string of the molecule is O=S(=O)(c1ccc2c(c1)C1C=CCC1C(c1cc(Br)ccc1O)N2)N1CCN(C(c2ccccc2)c2ccccc2)CC1. The summed E-state index contributed by atoms with van der Waals surface area (Å²) in [6.07, 6.45) is 5.22. The zero-order chi connectivity index (χ0) is 29.6. The molecule has 0 aromatic heterocycles. The van der Waals surface area contributed by atoms with E-state index < -0.39 is 10.0 Å². The highest BCUT2D eigenvalue weighted by Gasteiger charge is 2.40. The average Bonchev–Trinajstić information content (AvgIpc) is 3.54. The maximum atomic E-state index is 14.0. The van der Waals surface area contributed by atoms with Gasteiger partial charge < -0.3 is 10.4 Å². The Balaban J connectivity index is 1.13. The molecule has 2 aliphatic heterocycles. The number of piperazine rings is 1. The Kier molecular flexibility index (Phi) is 7.63. The van der Waals surface area contributed by atoms with Gasteiger partial charge in [-0.25, -0.2) is 8.42 Å². The number of phenolic OH excluding ortho intramolecular Hbond substituents is 1. The largest absolute Gasteiger partial charge is 0.508 e. The number of phenols is 1. The first-order chi connectivity index (χ1) is 20.9. The van der Waals surface area contributed by atoms with Crippen molar-refractivity contribution >= 4 is 31.6 Å². The van der Waals surface area contributed by atoms with E-state index in [1.165, 1.54) is 11.1 Å². The number of rotatable bonds is 6. The predicted octanol–water partition coefficient (Wildman–Crippen LogP) is 7.08. The van der Waals surface area contributed by atoms with Gasteiger partial charge in [0.2, 0.25) is 10.0 Å². The first-order valence-corrected chi connectivity index (χ1v) is 17.0. The summed E-state index contributed by atoms with van der Waals surface area (Å²) in [4.78, 5) is 2.73. The minimum Gasteiger partial charge on any atom is -0.508 e. The third-order valence-corrected chi connectivity index (χ3v) is 11.6. The average molecular weight is 657 g/mol. The summed E-state index contributed by atoms with van der Waals surface area (Å²) in [5.74, 6) is 0.515. The van der Waals surface area contributed by atoms with Crippen molar-refractivity contribution in [1.29, 1.82) is 0 Å². The lowest BCUT2D eigenvalue weighted by Crippen LogP contribution is -2.49. The van der Waals surface area contributed by atoms with E-state index in [2.05, 4.69) is 86.8 Å². The van der Waals surface area contributed by atoms with Crippen LogP contribution in [-0.2, 0) is 10.0 Å². The molecule has 7 rings (SSSR count). The zero-order valence-electron chi connectivity index (χ0n) is 23.7. The van der Waals surface area contributed by atoms with Gasteiger partial charge in [0.25, 0.3) is 0 Å². The van der Waals surface area contributed by atoms with Gasteiger partial charge >= 0.3 is 0 Å².